The summed E-state index contributed by atoms with van der Waals surface area (Å²) >= 11 is 0. The maximum Gasteiger partial charge on any atom is 0.277 e. The Bertz CT molecular complexity index is 1250. The highest BCUT2D eigenvalue weighted by Crippen LogP contribution is 2.25. The Balaban J connectivity index is 1.47. The van der Waals surface area contributed by atoms with Crippen molar-refractivity contribution in [2.75, 3.05) is 6.61 Å². The molecule has 5 heteroatoms. The predicted molar refractivity (Wildman–Crippen MR) is 129 cm³/mol. The first kappa shape index (κ1) is 21.4. The Hall–Kier alpha value is -3.86. The molecule has 0 bridgehead atoms. The second-order valence-corrected chi connectivity index (χ2v) is 7.99. The molecular formula is C27H27N3O2. The van der Waals surface area contributed by atoms with Crippen molar-refractivity contribution in [3.63, 3.8) is 0 Å². The molecule has 0 atom stereocenters. The van der Waals surface area contributed by atoms with Crippen LogP contribution in [0.5, 0.6) is 5.75 Å². The molecule has 5 nitrogen and oxygen atoms in total. The molecule has 0 spiro atoms. The average molecular weight is 426 g/mol. The fourth-order valence-electron chi connectivity index (χ4n) is 3.96. The van der Waals surface area contributed by atoms with E-state index in [2.05, 4.69) is 52.3 Å². The topological polar surface area (TPSA) is 55.6 Å². The quantitative estimate of drug-likeness (QED) is 0.329. The molecule has 4 rings (SSSR count). The minimum atomic E-state index is -0.300. The normalized spacial score (nSPS) is 11.2. The Labute approximate surface area is 188 Å². The van der Waals surface area contributed by atoms with Crippen LogP contribution in [-0.4, -0.2) is 23.3 Å². The highest BCUT2D eigenvalue weighted by Gasteiger charge is 2.13. The van der Waals surface area contributed by atoms with E-state index in [1.54, 1.807) is 6.21 Å². The van der Waals surface area contributed by atoms with Crippen molar-refractivity contribution < 1.29 is 9.53 Å². The van der Waals surface area contributed by atoms with Crippen molar-refractivity contribution >= 4 is 23.0 Å². The van der Waals surface area contributed by atoms with Crippen LogP contribution >= 0.6 is 0 Å². The summed E-state index contributed by atoms with van der Waals surface area (Å²) in [7, 11) is 0. The summed E-state index contributed by atoms with van der Waals surface area (Å²) in [5, 5.41) is 5.30. The van der Waals surface area contributed by atoms with E-state index in [4.69, 9.17) is 4.74 Å². The monoisotopic (exact) mass is 425 g/mol. The fraction of sp³-hybridized carbons (Fsp3) is 0.185. The van der Waals surface area contributed by atoms with E-state index in [1.165, 1.54) is 5.56 Å². The summed E-state index contributed by atoms with van der Waals surface area (Å²) in [5.41, 5.74) is 9.23. The Morgan fingerprint density at radius 2 is 1.66 bits per heavy atom. The molecular weight excluding hydrogens is 398 g/mol. The summed E-state index contributed by atoms with van der Waals surface area (Å²) in [6, 6.07) is 24.5. The lowest BCUT2D eigenvalue weighted by atomic mass is 10.1. The summed E-state index contributed by atoms with van der Waals surface area (Å²) in [6.07, 6.45) is 1.72. The number of carbonyl (C=O) groups is 1. The SMILES string of the molecule is Cc1cc(C)cc(OCC(=O)N/N=C\c2c(C)n(Cc3ccccc3)c3ccccc23)c1. The molecule has 1 heterocycles. The zero-order valence-electron chi connectivity index (χ0n) is 18.6. The number of para-hydroxylation sites is 1. The summed E-state index contributed by atoms with van der Waals surface area (Å²) in [4.78, 5) is 12.2. The predicted octanol–water partition coefficient (Wildman–Crippen LogP) is 5.14. The summed E-state index contributed by atoms with van der Waals surface area (Å²) in [6.45, 7) is 6.77. The van der Waals surface area contributed by atoms with Gasteiger partial charge in [-0.15, -0.1) is 0 Å². The van der Waals surface area contributed by atoms with Crippen LogP contribution in [0.3, 0.4) is 0 Å². The second-order valence-electron chi connectivity index (χ2n) is 7.99. The van der Waals surface area contributed by atoms with E-state index < -0.39 is 0 Å². The van der Waals surface area contributed by atoms with Crippen molar-refractivity contribution in [3.05, 3.63) is 101 Å². The fourth-order valence-corrected chi connectivity index (χ4v) is 3.96. The van der Waals surface area contributed by atoms with Crippen molar-refractivity contribution in [2.45, 2.75) is 27.3 Å². The molecule has 32 heavy (non-hydrogen) atoms. The number of amides is 1. The third kappa shape index (κ3) is 4.89. The van der Waals surface area contributed by atoms with Gasteiger partial charge in [-0.25, -0.2) is 5.43 Å². The third-order valence-electron chi connectivity index (χ3n) is 5.41. The number of hydrogen-bond acceptors (Lipinski definition) is 3. The number of benzene rings is 3. The van der Waals surface area contributed by atoms with Crippen LogP contribution in [0.4, 0.5) is 0 Å². The minimum Gasteiger partial charge on any atom is -0.484 e. The molecule has 0 unspecified atom stereocenters. The van der Waals surface area contributed by atoms with Crippen molar-refractivity contribution in [2.24, 2.45) is 5.10 Å². The number of nitrogens with one attached hydrogen (secondary N) is 1. The Kier molecular flexibility index (Phi) is 6.36. The molecule has 1 N–H and O–H groups in total. The summed E-state index contributed by atoms with van der Waals surface area (Å²) in [5.74, 6) is 0.382. The molecule has 0 saturated carbocycles. The zero-order chi connectivity index (χ0) is 22.5. The van der Waals surface area contributed by atoms with Gasteiger partial charge in [-0.2, -0.15) is 5.10 Å². The molecule has 3 aromatic carbocycles. The van der Waals surface area contributed by atoms with Gasteiger partial charge in [-0.1, -0.05) is 54.6 Å². The largest absolute Gasteiger partial charge is 0.484 e. The highest BCUT2D eigenvalue weighted by atomic mass is 16.5. The van der Waals surface area contributed by atoms with E-state index in [0.717, 1.165) is 39.8 Å². The number of fused-ring (bicyclic) bond motifs is 1. The van der Waals surface area contributed by atoms with Gasteiger partial charge in [0.2, 0.25) is 0 Å². The molecule has 0 aliphatic carbocycles. The maximum atomic E-state index is 12.2. The summed E-state index contributed by atoms with van der Waals surface area (Å²) < 4.78 is 7.88. The average Bonchev–Trinajstić information content (AvgIpc) is 3.04. The number of rotatable bonds is 7. The molecule has 0 aliphatic rings. The zero-order valence-corrected chi connectivity index (χ0v) is 18.6. The third-order valence-corrected chi connectivity index (χ3v) is 5.41. The van der Waals surface area contributed by atoms with Gasteiger partial charge in [0.25, 0.3) is 5.91 Å². The van der Waals surface area contributed by atoms with Gasteiger partial charge in [0.15, 0.2) is 6.61 Å². The van der Waals surface area contributed by atoms with Crippen LogP contribution in [0.2, 0.25) is 0 Å². The first-order valence-electron chi connectivity index (χ1n) is 10.7. The van der Waals surface area contributed by atoms with Crippen molar-refractivity contribution in [3.8, 4) is 5.75 Å². The number of hydrogen-bond donors (Lipinski definition) is 1. The van der Waals surface area contributed by atoms with Crippen molar-refractivity contribution in [1.82, 2.24) is 9.99 Å². The lowest BCUT2D eigenvalue weighted by Crippen LogP contribution is -2.24. The molecule has 1 aromatic heterocycles. The lowest BCUT2D eigenvalue weighted by Gasteiger charge is -2.08. The maximum absolute atomic E-state index is 12.2. The molecule has 162 valence electrons. The van der Waals surface area contributed by atoms with Crippen molar-refractivity contribution in [1.29, 1.82) is 0 Å². The number of carbonyl (C=O) groups excluding carboxylic acids is 1. The lowest BCUT2D eigenvalue weighted by molar-refractivity contribution is -0.123. The van der Waals surface area contributed by atoms with E-state index >= 15 is 0 Å². The number of aryl methyl sites for hydroxylation is 2. The van der Waals surface area contributed by atoms with Crippen LogP contribution in [0.25, 0.3) is 10.9 Å². The molecule has 4 aromatic rings. The molecule has 0 fully saturated rings. The van der Waals surface area contributed by atoms with E-state index in [-0.39, 0.29) is 12.5 Å². The van der Waals surface area contributed by atoms with Gasteiger partial charge in [0.05, 0.1) is 6.21 Å². The molecule has 0 aliphatic heterocycles. The van der Waals surface area contributed by atoms with Crippen LogP contribution < -0.4 is 10.2 Å². The van der Waals surface area contributed by atoms with Gasteiger partial charge in [0, 0.05) is 28.7 Å². The van der Waals surface area contributed by atoms with E-state index in [0.29, 0.717) is 5.75 Å². The van der Waals surface area contributed by atoms with Gasteiger partial charge >= 0.3 is 0 Å². The highest BCUT2D eigenvalue weighted by molar-refractivity contribution is 6.01. The van der Waals surface area contributed by atoms with Gasteiger partial charge in [-0.05, 0) is 55.7 Å². The Morgan fingerprint density at radius 3 is 2.41 bits per heavy atom. The van der Waals surface area contributed by atoms with Crippen LogP contribution in [0.15, 0.2) is 77.9 Å². The minimum absolute atomic E-state index is 0.0883. The van der Waals surface area contributed by atoms with Crippen LogP contribution in [0, 0.1) is 20.8 Å². The standard InChI is InChI=1S/C27H27N3O2/c1-19-13-20(2)15-23(14-19)32-18-27(31)29-28-16-25-21(3)30(17-22-9-5-4-6-10-22)26-12-8-7-11-24(25)26/h4-16H,17-18H2,1-3H3,(H,29,31)/b28-16-. The van der Waals surface area contributed by atoms with E-state index in [9.17, 15) is 4.79 Å². The number of ether oxygens (including phenoxy) is 1. The van der Waals surface area contributed by atoms with Crippen LogP contribution in [-0.2, 0) is 11.3 Å². The van der Waals surface area contributed by atoms with Crippen LogP contribution in [0.1, 0.15) is 27.9 Å². The molecule has 0 saturated heterocycles. The number of hydrazone groups is 1. The van der Waals surface area contributed by atoms with E-state index in [1.807, 2.05) is 56.3 Å². The van der Waals surface area contributed by atoms with Gasteiger partial charge in [0.1, 0.15) is 5.75 Å². The Morgan fingerprint density at radius 1 is 0.969 bits per heavy atom. The smallest absolute Gasteiger partial charge is 0.277 e. The van der Waals surface area contributed by atoms with Gasteiger partial charge < -0.3 is 9.30 Å². The first-order chi connectivity index (χ1) is 15.5. The number of nitrogens with zero attached hydrogens (tertiary/aromatic N) is 2. The molecule has 1 amide bonds. The number of aromatic nitrogens is 1. The van der Waals surface area contributed by atoms with Gasteiger partial charge in [-0.3, -0.25) is 4.79 Å². The molecule has 0 radical (unpaired) electrons. The second kappa shape index (κ2) is 9.52. The first-order valence-corrected chi connectivity index (χ1v) is 10.7.